The Hall–Kier alpha value is -1.10. The van der Waals surface area contributed by atoms with E-state index in [9.17, 15) is 0 Å². The summed E-state index contributed by atoms with van der Waals surface area (Å²) >= 11 is 0. The molecule has 112 valence electrons. The lowest BCUT2D eigenvalue weighted by Crippen LogP contribution is -2.37. The average Bonchev–Trinajstić information content (AvgIpc) is 2.51. The Balaban J connectivity index is 1.95. The molecule has 3 N–H and O–H groups in total. The average molecular weight is 278 g/mol. The smallest absolute Gasteiger partial charge is 0.119 e. The van der Waals surface area contributed by atoms with Crippen LogP contribution in [0, 0.1) is 5.92 Å². The third-order valence-electron chi connectivity index (χ3n) is 3.85. The van der Waals surface area contributed by atoms with Crippen molar-refractivity contribution in [2.75, 3.05) is 19.8 Å². The van der Waals surface area contributed by atoms with Crippen molar-refractivity contribution >= 4 is 0 Å². The van der Waals surface area contributed by atoms with Crippen LogP contribution in [0.5, 0.6) is 5.75 Å². The molecule has 0 radical (unpaired) electrons. The zero-order valence-electron chi connectivity index (χ0n) is 12.3. The van der Waals surface area contributed by atoms with Gasteiger partial charge in [-0.2, -0.15) is 0 Å². The molecule has 0 spiro atoms. The highest BCUT2D eigenvalue weighted by molar-refractivity contribution is 5.29. The first-order valence-electron chi connectivity index (χ1n) is 7.61. The third-order valence-corrected chi connectivity index (χ3v) is 3.85. The van der Waals surface area contributed by atoms with E-state index in [1.54, 1.807) is 0 Å². The van der Waals surface area contributed by atoms with Crippen LogP contribution in [0.4, 0.5) is 0 Å². The number of unbranched alkanes of at least 4 members (excludes halogenated alkanes) is 1. The highest BCUT2D eigenvalue weighted by atomic mass is 16.5. The first kappa shape index (κ1) is 15.3. The van der Waals surface area contributed by atoms with Gasteiger partial charge >= 0.3 is 0 Å². The molecule has 20 heavy (non-hydrogen) atoms. The molecule has 1 heterocycles. The van der Waals surface area contributed by atoms with E-state index in [1.807, 2.05) is 12.1 Å². The molecule has 1 aromatic rings. The van der Waals surface area contributed by atoms with Gasteiger partial charge in [0, 0.05) is 12.5 Å². The first-order valence-corrected chi connectivity index (χ1v) is 7.61. The summed E-state index contributed by atoms with van der Waals surface area (Å²) in [6.07, 6.45) is 4.51. The van der Waals surface area contributed by atoms with E-state index in [1.165, 1.54) is 5.56 Å². The first-order chi connectivity index (χ1) is 9.85. The number of hydrogen-bond acceptors (Lipinski definition) is 4. The molecule has 1 aliphatic heterocycles. The van der Waals surface area contributed by atoms with Gasteiger partial charge in [0.15, 0.2) is 0 Å². The minimum atomic E-state index is 0.153. The number of nitrogens with two attached hydrogens (primary N) is 1. The van der Waals surface area contributed by atoms with Crippen molar-refractivity contribution in [2.24, 2.45) is 11.8 Å². The minimum absolute atomic E-state index is 0.153. The fraction of sp³-hybridized carbons (Fsp3) is 0.625. The summed E-state index contributed by atoms with van der Waals surface area (Å²) in [5, 5.41) is 0. The Labute approximate surface area is 121 Å². The van der Waals surface area contributed by atoms with E-state index in [4.69, 9.17) is 15.3 Å². The molecule has 0 saturated carbocycles. The predicted octanol–water partition coefficient (Wildman–Crippen LogP) is 2.80. The Morgan fingerprint density at radius 2 is 2.20 bits per heavy atom. The maximum atomic E-state index is 5.74. The number of ether oxygens (including phenoxy) is 2. The van der Waals surface area contributed by atoms with Crippen LogP contribution in [0.25, 0.3) is 0 Å². The molecule has 0 aromatic heterocycles. The van der Waals surface area contributed by atoms with Gasteiger partial charge in [-0.3, -0.25) is 11.3 Å². The van der Waals surface area contributed by atoms with Gasteiger partial charge < -0.3 is 9.47 Å². The van der Waals surface area contributed by atoms with Crippen LogP contribution >= 0.6 is 0 Å². The van der Waals surface area contributed by atoms with Crippen molar-refractivity contribution in [1.82, 2.24) is 5.43 Å². The second-order valence-electron chi connectivity index (χ2n) is 5.39. The summed E-state index contributed by atoms with van der Waals surface area (Å²) in [5.41, 5.74) is 4.14. The van der Waals surface area contributed by atoms with Gasteiger partial charge in [-0.25, -0.2) is 0 Å². The van der Waals surface area contributed by atoms with E-state index in [0.717, 1.165) is 51.3 Å². The minimum Gasteiger partial charge on any atom is -0.494 e. The molecule has 2 rings (SSSR count). The summed E-state index contributed by atoms with van der Waals surface area (Å²) < 4.78 is 11.2. The molecule has 0 bridgehead atoms. The molecule has 1 aromatic carbocycles. The lowest BCUT2D eigenvalue weighted by molar-refractivity contribution is 0.0390. The molecular formula is C16H26N2O2. The van der Waals surface area contributed by atoms with Gasteiger partial charge in [0.25, 0.3) is 0 Å². The number of rotatable bonds is 7. The predicted molar refractivity (Wildman–Crippen MR) is 80.5 cm³/mol. The van der Waals surface area contributed by atoms with Crippen LogP contribution in [-0.4, -0.2) is 19.8 Å². The maximum Gasteiger partial charge on any atom is 0.119 e. The fourth-order valence-electron chi connectivity index (χ4n) is 2.64. The van der Waals surface area contributed by atoms with Crippen LogP contribution < -0.4 is 16.0 Å². The molecule has 1 saturated heterocycles. The monoisotopic (exact) mass is 278 g/mol. The highest BCUT2D eigenvalue weighted by Gasteiger charge is 2.24. The Morgan fingerprint density at radius 3 is 2.80 bits per heavy atom. The number of hydrogen-bond donors (Lipinski definition) is 2. The highest BCUT2D eigenvalue weighted by Crippen LogP contribution is 2.29. The fourth-order valence-corrected chi connectivity index (χ4v) is 2.64. The molecule has 0 aliphatic carbocycles. The number of benzene rings is 1. The zero-order valence-corrected chi connectivity index (χ0v) is 12.3. The maximum absolute atomic E-state index is 5.74. The van der Waals surface area contributed by atoms with Crippen molar-refractivity contribution in [3.63, 3.8) is 0 Å². The van der Waals surface area contributed by atoms with E-state index in [-0.39, 0.29) is 6.04 Å². The van der Waals surface area contributed by atoms with Crippen LogP contribution in [0.2, 0.25) is 0 Å². The summed E-state index contributed by atoms with van der Waals surface area (Å²) in [4.78, 5) is 0. The molecule has 2 unspecified atom stereocenters. The lowest BCUT2D eigenvalue weighted by atomic mass is 9.89. The van der Waals surface area contributed by atoms with E-state index in [0.29, 0.717) is 5.92 Å². The van der Waals surface area contributed by atoms with Gasteiger partial charge in [0.2, 0.25) is 0 Å². The standard InChI is InChI=1S/C16H26N2O2/c1-2-3-11-20-15-8-6-13(7-9-15)16(18-17)14-5-4-10-19-12-14/h6-9,14,16,18H,2-5,10-12,17H2,1H3. The van der Waals surface area contributed by atoms with E-state index >= 15 is 0 Å². The SMILES string of the molecule is CCCCOc1ccc(C(NN)C2CCCOC2)cc1. The molecule has 4 nitrogen and oxygen atoms in total. The van der Waals surface area contributed by atoms with E-state index < -0.39 is 0 Å². The van der Waals surface area contributed by atoms with Crippen LogP contribution in [-0.2, 0) is 4.74 Å². The summed E-state index contributed by atoms with van der Waals surface area (Å²) in [6, 6.07) is 8.40. The van der Waals surface area contributed by atoms with Crippen LogP contribution in [0.15, 0.2) is 24.3 Å². The van der Waals surface area contributed by atoms with Crippen LogP contribution in [0.1, 0.15) is 44.2 Å². The number of hydrazine groups is 1. The third kappa shape index (κ3) is 4.20. The Bertz CT molecular complexity index is 375. The van der Waals surface area contributed by atoms with Crippen molar-refractivity contribution < 1.29 is 9.47 Å². The van der Waals surface area contributed by atoms with Crippen molar-refractivity contribution in [2.45, 2.75) is 38.6 Å². The molecule has 1 aliphatic rings. The van der Waals surface area contributed by atoms with Crippen LogP contribution in [0.3, 0.4) is 0 Å². The summed E-state index contributed by atoms with van der Waals surface area (Å²) in [5.74, 6) is 7.11. The molecule has 4 heteroatoms. The van der Waals surface area contributed by atoms with Gasteiger partial charge in [-0.1, -0.05) is 25.5 Å². The van der Waals surface area contributed by atoms with Crippen molar-refractivity contribution in [3.05, 3.63) is 29.8 Å². The van der Waals surface area contributed by atoms with Crippen molar-refractivity contribution in [1.29, 1.82) is 0 Å². The summed E-state index contributed by atoms with van der Waals surface area (Å²) in [7, 11) is 0. The Morgan fingerprint density at radius 1 is 1.40 bits per heavy atom. The summed E-state index contributed by atoms with van der Waals surface area (Å²) in [6.45, 7) is 4.60. The van der Waals surface area contributed by atoms with Gasteiger partial charge in [-0.15, -0.1) is 0 Å². The second kappa shape index (κ2) is 8.25. The Kier molecular flexibility index (Phi) is 6.30. The van der Waals surface area contributed by atoms with Gasteiger partial charge in [0.1, 0.15) is 5.75 Å². The number of nitrogens with one attached hydrogen (secondary N) is 1. The largest absolute Gasteiger partial charge is 0.494 e. The second-order valence-corrected chi connectivity index (χ2v) is 5.39. The van der Waals surface area contributed by atoms with Gasteiger partial charge in [0.05, 0.1) is 19.3 Å². The normalized spacial score (nSPS) is 20.6. The molecule has 1 fully saturated rings. The molecule has 2 atom stereocenters. The molecular weight excluding hydrogens is 252 g/mol. The van der Waals surface area contributed by atoms with Crippen molar-refractivity contribution in [3.8, 4) is 5.75 Å². The zero-order chi connectivity index (χ0) is 14.2. The quantitative estimate of drug-likeness (QED) is 0.457. The van der Waals surface area contributed by atoms with E-state index in [2.05, 4.69) is 24.5 Å². The lowest BCUT2D eigenvalue weighted by Gasteiger charge is -2.30. The van der Waals surface area contributed by atoms with Gasteiger partial charge in [-0.05, 0) is 37.0 Å². The topological polar surface area (TPSA) is 56.5 Å². The molecule has 0 amide bonds.